The molecule has 0 saturated heterocycles. The first kappa shape index (κ1) is 12.6. The molecule has 18 heavy (non-hydrogen) atoms. The standard InChI is InChI=1S/C13H18N4O/c1-9(8-18-3)14-12-6-4-5-11(7-12)13-15-10(2)16-17-13/h4-7,9,14H,8H2,1-3H3,(H,15,16,17). The molecule has 0 saturated carbocycles. The number of methoxy groups -OCH3 is 1. The van der Waals surface area contributed by atoms with Crippen molar-refractivity contribution in [2.75, 3.05) is 19.0 Å². The zero-order valence-corrected chi connectivity index (χ0v) is 10.9. The molecule has 96 valence electrons. The third-order valence-corrected chi connectivity index (χ3v) is 2.55. The van der Waals surface area contributed by atoms with Crippen LogP contribution >= 0.6 is 0 Å². The summed E-state index contributed by atoms with van der Waals surface area (Å²) >= 11 is 0. The summed E-state index contributed by atoms with van der Waals surface area (Å²) in [4.78, 5) is 4.32. The van der Waals surface area contributed by atoms with Crippen LogP contribution in [0, 0.1) is 6.92 Å². The summed E-state index contributed by atoms with van der Waals surface area (Å²) in [6.07, 6.45) is 0. The molecule has 0 bridgehead atoms. The van der Waals surface area contributed by atoms with E-state index in [1.807, 2.05) is 31.2 Å². The van der Waals surface area contributed by atoms with Crippen molar-refractivity contribution in [3.8, 4) is 11.4 Å². The lowest BCUT2D eigenvalue weighted by atomic mass is 10.2. The highest BCUT2D eigenvalue weighted by Crippen LogP contribution is 2.19. The highest BCUT2D eigenvalue weighted by molar-refractivity contribution is 5.62. The molecule has 2 rings (SSSR count). The van der Waals surface area contributed by atoms with E-state index in [1.165, 1.54) is 0 Å². The first-order chi connectivity index (χ1) is 8.69. The fraction of sp³-hybridized carbons (Fsp3) is 0.385. The maximum Gasteiger partial charge on any atom is 0.181 e. The molecule has 0 spiro atoms. The van der Waals surface area contributed by atoms with Gasteiger partial charge in [0.2, 0.25) is 0 Å². The zero-order valence-electron chi connectivity index (χ0n) is 10.9. The number of aromatic nitrogens is 3. The van der Waals surface area contributed by atoms with Gasteiger partial charge in [-0.05, 0) is 26.0 Å². The number of anilines is 1. The van der Waals surface area contributed by atoms with Gasteiger partial charge in [0.25, 0.3) is 0 Å². The van der Waals surface area contributed by atoms with E-state index in [2.05, 4.69) is 27.4 Å². The van der Waals surface area contributed by atoms with Crippen LogP contribution in [-0.4, -0.2) is 34.9 Å². The van der Waals surface area contributed by atoms with E-state index in [4.69, 9.17) is 4.74 Å². The summed E-state index contributed by atoms with van der Waals surface area (Å²) in [6.45, 7) is 4.64. The van der Waals surface area contributed by atoms with E-state index >= 15 is 0 Å². The normalized spacial score (nSPS) is 12.4. The Balaban J connectivity index is 2.15. The van der Waals surface area contributed by atoms with Gasteiger partial charge in [-0.25, -0.2) is 4.98 Å². The summed E-state index contributed by atoms with van der Waals surface area (Å²) in [5, 5.41) is 10.4. The number of nitrogens with zero attached hydrogens (tertiary/aromatic N) is 2. The molecule has 1 aromatic carbocycles. The molecule has 2 N–H and O–H groups in total. The van der Waals surface area contributed by atoms with E-state index in [1.54, 1.807) is 7.11 Å². The van der Waals surface area contributed by atoms with Crippen molar-refractivity contribution in [3.63, 3.8) is 0 Å². The Morgan fingerprint density at radius 1 is 1.44 bits per heavy atom. The van der Waals surface area contributed by atoms with Gasteiger partial charge in [0.15, 0.2) is 5.82 Å². The molecule has 0 aliphatic heterocycles. The Bertz CT molecular complexity index is 509. The Morgan fingerprint density at radius 3 is 2.94 bits per heavy atom. The number of ether oxygens (including phenoxy) is 1. The highest BCUT2D eigenvalue weighted by Gasteiger charge is 2.06. The number of rotatable bonds is 5. The molecule has 0 radical (unpaired) electrons. The number of hydrogen-bond donors (Lipinski definition) is 2. The van der Waals surface area contributed by atoms with Gasteiger partial charge in [-0.2, -0.15) is 5.10 Å². The number of nitrogens with one attached hydrogen (secondary N) is 2. The van der Waals surface area contributed by atoms with Crippen molar-refractivity contribution in [2.24, 2.45) is 0 Å². The zero-order chi connectivity index (χ0) is 13.0. The minimum absolute atomic E-state index is 0.263. The highest BCUT2D eigenvalue weighted by atomic mass is 16.5. The fourth-order valence-corrected chi connectivity index (χ4v) is 1.80. The summed E-state index contributed by atoms with van der Waals surface area (Å²) in [5.74, 6) is 1.53. The second-order valence-electron chi connectivity index (χ2n) is 4.33. The summed E-state index contributed by atoms with van der Waals surface area (Å²) in [5.41, 5.74) is 2.04. The maximum atomic E-state index is 5.10. The molecule has 5 heteroatoms. The average molecular weight is 246 g/mol. The largest absolute Gasteiger partial charge is 0.383 e. The van der Waals surface area contributed by atoms with Crippen LogP contribution < -0.4 is 5.32 Å². The summed E-state index contributed by atoms with van der Waals surface area (Å²) in [7, 11) is 1.70. The van der Waals surface area contributed by atoms with Crippen molar-refractivity contribution in [2.45, 2.75) is 19.9 Å². The van der Waals surface area contributed by atoms with Gasteiger partial charge in [-0.1, -0.05) is 12.1 Å². The Labute approximate surface area is 107 Å². The fourth-order valence-electron chi connectivity index (χ4n) is 1.80. The smallest absolute Gasteiger partial charge is 0.181 e. The molecule has 0 fully saturated rings. The van der Waals surface area contributed by atoms with Gasteiger partial charge in [0, 0.05) is 24.4 Å². The molecule has 1 heterocycles. The molecule has 2 aromatic rings. The number of benzene rings is 1. The van der Waals surface area contributed by atoms with E-state index in [0.717, 1.165) is 22.9 Å². The number of hydrogen-bond acceptors (Lipinski definition) is 4. The quantitative estimate of drug-likeness (QED) is 0.849. The molecule has 0 amide bonds. The monoisotopic (exact) mass is 246 g/mol. The summed E-state index contributed by atoms with van der Waals surface area (Å²) in [6, 6.07) is 8.31. The van der Waals surface area contributed by atoms with Crippen LogP contribution in [0.25, 0.3) is 11.4 Å². The minimum Gasteiger partial charge on any atom is -0.383 e. The third-order valence-electron chi connectivity index (χ3n) is 2.55. The van der Waals surface area contributed by atoms with Gasteiger partial charge >= 0.3 is 0 Å². The van der Waals surface area contributed by atoms with Crippen LogP contribution in [-0.2, 0) is 4.74 Å². The van der Waals surface area contributed by atoms with Gasteiger partial charge in [0.1, 0.15) is 5.82 Å². The Morgan fingerprint density at radius 2 is 2.28 bits per heavy atom. The molecule has 1 aromatic heterocycles. The van der Waals surface area contributed by atoms with Crippen molar-refractivity contribution in [1.29, 1.82) is 0 Å². The topological polar surface area (TPSA) is 62.8 Å². The average Bonchev–Trinajstić information content (AvgIpc) is 2.76. The number of H-pyrrole nitrogens is 1. The molecular weight excluding hydrogens is 228 g/mol. The molecule has 0 aliphatic carbocycles. The van der Waals surface area contributed by atoms with Gasteiger partial charge in [-0.3, -0.25) is 5.10 Å². The van der Waals surface area contributed by atoms with E-state index < -0.39 is 0 Å². The number of aryl methyl sites for hydroxylation is 1. The van der Waals surface area contributed by atoms with Crippen LogP contribution in [0.15, 0.2) is 24.3 Å². The Kier molecular flexibility index (Phi) is 3.94. The Hall–Kier alpha value is -1.88. The second-order valence-corrected chi connectivity index (χ2v) is 4.33. The van der Waals surface area contributed by atoms with E-state index in [9.17, 15) is 0 Å². The minimum atomic E-state index is 0.263. The van der Waals surface area contributed by atoms with E-state index in [0.29, 0.717) is 6.61 Å². The SMILES string of the molecule is COCC(C)Nc1cccc(-c2n[nH]c(C)n2)c1. The molecule has 1 unspecified atom stereocenters. The van der Waals surface area contributed by atoms with Crippen molar-refractivity contribution in [1.82, 2.24) is 15.2 Å². The predicted octanol–water partition coefficient (Wildman–Crippen LogP) is 2.23. The van der Waals surface area contributed by atoms with Crippen molar-refractivity contribution < 1.29 is 4.74 Å². The van der Waals surface area contributed by atoms with Crippen LogP contribution in [0.2, 0.25) is 0 Å². The van der Waals surface area contributed by atoms with Gasteiger partial charge < -0.3 is 10.1 Å². The van der Waals surface area contributed by atoms with Crippen LogP contribution in [0.3, 0.4) is 0 Å². The van der Waals surface area contributed by atoms with Crippen molar-refractivity contribution in [3.05, 3.63) is 30.1 Å². The van der Waals surface area contributed by atoms with E-state index in [-0.39, 0.29) is 6.04 Å². The van der Waals surface area contributed by atoms with Gasteiger partial charge in [0.05, 0.1) is 6.61 Å². The first-order valence-electron chi connectivity index (χ1n) is 5.94. The molecular formula is C13H18N4O. The third kappa shape index (κ3) is 3.07. The summed E-state index contributed by atoms with van der Waals surface area (Å²) < 4.78 is 5.10. The molecule has 0 aliphatic rings. The van der Waals surface area contributed by atoms with Crippen molar-refractivity contribution >= 4 is 5.69 Å². The molecule has 5 nitrogen and oxygen atoms in total. The van der Waals surface area contributed by atoms with Crippen LogP contribution in [0.1, 0.15) is 12.7 Å². The predicted molar refractivity (Wildman–Crippen MR) is 71.5 cm³/mol. The van der Waals surface area contributed by atoms with Crippen LogP contribution in [0.5, 0.6) is 0 Å². The lowest BCUT2D eigenvalue weighted by Gasteiger charge is -2.14. The second kappa shape index (κ2) is 5.64. The lowest BCUT2D eigenvalue weighted by Crippen LogP contribution is -2.20. The molecule has 1 atom stereocenters. The number of aromatic amines is 1. The van der Waals surface area contributed by atoms with Crippen LogP contribution in [0.4, 0.5) is 5.69 Å². The maximum absolute atomic E-state index is 5.10. The lowest BCUT2D eigenvalue weighted by molar-refractivity contribution is 0.190. The first-order valence-corrected chi connectivity index (χ1v) is 5.94. The van der Waals surface area contributed by atoms with Gasteiger partial charge in [-0.15, -0.1) is 0 Å².